The van der Waals surface area contributed by atoms with E-state index in [1.807, 2.05) is 0 Å². The molecule has 1 fully saturated rings. The molecule has 1 heterocycles. The fourth-order valence-electron chi connectivity index (χ4n) is 1.45. The van der Waals surface area contributed by atoms with E-state index in [0.717, 1.165) is 0 Å². The van der Waals surface area contributed by atoms with Gasteiger partial charge in [-0.15, -0.1) is 0 Å². The fraction of sp³-hybridized carbons (Fsp3) is 0.667. The zero-order chi connectivity index (χ0) is 11.6. The first-order chi connectivity index (χ1) is 6.91. The third-order valence-electron chi connectivity index (χ3n) is 2.07. The number of hydrogen-bond donors (Lipinski definition) is 0. The van der Waals surface area contributed by atoms with Crippen LogP contribution in [0.25, 0.3) is 0 Å². The van der Waals surface area contributed by atoms with Gasteiger partial charge in [-0.1, -0.05) is 0 Å². The highest BCUT2D eigenvalue weighted by Gasteiger charge is 2.42. The molecule has 0 spiro atoms. The van der Waals surface area contributed by atoms with Gasteiger partial charge in [0.25, 0.3) is 0 Å². The van der Waals surface area contributed by atoms with Gasteiger partial charge < -0.3 is 14.4 Å². The Morgan fingerprint density at radius 1 is 1.27 bits per heavy atom. The standard InChI is InChI=1S/C9H13NO5/c1-5(11)14-7-4-8(13)10(3)9(7)15-6(2)12/h7,9H,4H2,1-3H3/t7-,9-/m1/s1. The second-order valence-corrected chi connectivity index (χ2v) is 3.36. The summed E-state index contributed by atoms with van der Waals surface area (Å²) in [5, 5.41) is 0. The molecule has 15 heavy (non-hydrogen) atoms. The summed E-state index contributed by atoms with van der Waals surface area (Å²) >= 11 is 0. The van der Waals surface area contributed by atoms with Crippen LogP contribution in [-0.4, -0.2) is 42.1 Å². The first-order valence-electron chi connectivity index (χ1n) is 4.52. The summed E-state index contributed by atoms with van der Waals surface area (Å²) in [6, 6.07) is 0. The number of nitrogens with zero attached hydrogens (tertiary/aromatic N) is 1. The predicted octanol–water partition coefficient (Wildman–Crippen LogP) is -0.331. The van der Waals surface area contributed by atoms with Gasteiger partial charge in [0, 0.05) is 20.9 Å². The number of carbonyl (C=O) groups is 3. The lowest BCUT2D eigenvalue weighted by Gasteiger charge is -2.23. The molecule has 1 amide bonds. The predicted molar refractivity (Wildman–Crippen MR) is 48.5 cm³/mol. The molecule has 1 aliphatic heterocycles. The van der Waals surface area contributed by atoms with E-state index in [0.29, 0.717) is 0 Å². The van der Waals surface area contributed by atoms with E-state index in [4.69, 9.17) is 9.47 Å². The van der Waals surface area contributed by atoms with E-state index in [9.17, 15) is 14.4 Å². The summed E-state index contributed by atoms with van der Waals surface area (Å²) in [4.78, 5) is 34.1. The van der Waals surface area contributed by atoms with Gasteiger partial charge in [0.2, 0.25) is 12.1 Å². The molecule has 6 nitrogen and oxygen atoms in total. The van der Waals surface area contributed by atoms with Gasteiger partial charge in [0.15, 0.2) is 6.10 Å². The summed E-state index contributed by atoms with van der Waals surface area (Å²) in [6.45, 7) is 2.48. The first-order valence-corrected chi connectivity index (χ1v) is 4.52. The van der Waals surface area contributed by atoms with E-state index in [1.165, 1.54) is 25.8 Å². The first kappa shape index (κ1) is 11.5. The minimum Gasteiger partial charge on any atom is -0.456 e. The normalized spacial score (nSPS) is 25.3. The van der Waals surface area contributed by atoms with Gasteiger partial charge in [-0.25, -0.2) is 0 Å². The Hall–Kier alpha value is -1.59. The zero-order valence-corrected chi connectivity index (χ0v) is 8.85. The van der Waals surface area contributed by atoms with Crippen molar-refractivity contribution in [1.82, 2.24) is 4.90 Å². The molecule has 1 aliphatic rings. The average molecular weight is 215 g/mol. The van der Waals surface area contributed by atoms with Crippen molar-refractivity contribution in [1.29, 1.82) is 0 Å². The van der Waals surface area contributed by atoms with Gasteiger partial charge in [-0.3, -0.25) is 14.4 Å². The molecule has 0 aromatic rings. The van der Waals surface area contributed by atoms with Crippen molar-refractivity contribution in [2.75, 3.05) is 7.05 Å². The third-order valence-corrected chi connectivity index (χ3v) is 2.07. The van der Waals surface area contributed by atoms with Gasteiger partial charge in [0.1, 0.15) is 0 Å². The van der Waals surface area contributed by atoms with Crippen LogP contribution >= 0.6 is 0 Å². The summed E-state index contributed by atoms with van der Waals surface area (Å²) in [6.07, 6.45) is -1.46. The smallest absolute Gasteiger partial charge is 0.304 e. The van der Waals surface area contributed by atoms with Gasteiger partial charge in [-0.05, 0) is 0 Å². The Kier molecular flexibility index (Phi) is 3.28. The van der Waals surface area contributed by atoms with Crippen molar-refractivity contribution in [2.45, 2.75) is 32.6 Å². The van der Waals surface area contributed by atoms with E-state index >= 15 is 0 Å². The van der Waals surface area contributed by atoms with Crippen LogP contribution in [0.4, 0.5) is 0 Å². The van der Waals surface area contributed by atoms with Crippen molar-refractivity contribution in [2.24, 2.45) is 0 Å². The molecule has 2 atom stereocenters. The molecule has 0 unspecified atom stereocenters. The van der Waals surface area contributed by atoms with E-state index < -0.39 is 24.3 Å². The largest absolute Gasteiger partial charge is 0.456 e. The third kappa shape index (κ3) is 2.68. The zero-order valence-electron chi connectivity index (χ0n) is 8.85. The van der Waals surface area contributed by atoms with E-state index in [2.05, 4.69) is 0 Å². The molecule has 0 saturated carbocycles. The second kappa shape index (κ2) is 4.29. The Bertz CT molecular complexity index is 299. The van der Waals surface area contributed by atoms with Gasteiger partial charge in [-0.2, -0.15) is 0 Å². The molecule has 0 bridgehead atoms. The summed E-state index contributed by atoms with van der Waals surface area (Å²) < 4.78 is 9.78. The molecule has 1 rings (SSSR count). The minimum absolute atomic E-state index is 0.0496. The monoisotopic (exact) mass is 215 g/mol. The van der Waals surface area contributed by atoms with Crippen LogP contribution < -0.4 is 0 Å². The second-order valence-electron chi connectivity index (χ2n) is 3.36. The van der Waals surface area contributed by atoms with Crippen LogP contribution in [0.2, 0.25) is 0 Å². The highest BCUT2D eigenvalue weighted by molar-refractivity contribution is 5.80. The molecular formula is C9H13NO5. The highest BCUT2D eigenvalue weighted by atomic mass is 16.6. The molecule has 0 aromatic carbocycles. The molecule has 0 aromatic heterocycles. The van der Waals surface area contributed by atoms with Crippen molar-refractivity contribution >= 4 is 17.8 Å². The Balaban J connectivity index is 2.72. The van der Waals surface area contributed by atoms with Crippen molar-refractivity contribution < 1.29 is 23.9 Å². The van der Waals surface area contributed by atoms with Crippen LogP contribution in [0.1, 0.15) is 20.3 Å². The Labute approximate surface area is 87.1 Å². The minimum atomic E-state index is -0.807. The lowest BCUT2D eigenvalue weighted by molar-refractivity contribution is -0.172. The summed E-state index contributed by atoms with van der Waals surface area (Å²) in [7, 11) is 1.50. The number of hydrogen-bond acceptors (Lipinski definition) is 5. The molecule has 6 heteroatoms. The molecule has 0 aliphatic carbocycles. The molecular weight excluding hydrogens is 202 g/mol. The molecule has 1 saturated heterocycles. The maximum absolute atomic E-state index is 11.3. The number of carbonyl (C=O) groups excluding carboxylic acids is 3. The maximum Gasteiger partial charge on any atom is 0.304 e. The van der Waals surface area contributed by atoms with Crippen LogP contribution in [0.5, 0.6) is 0 Å². The summed E-state index contributed by atoms with van der Waals surface area (Å²) in [5.74, 6) is -1.23. The lowest BCUT2D eigenvalue weighted by Crippen LogP contribution is -2.39. The topological polar surface area (TPSA) is 72.9 Å². The maximum atomic E-state index is 11.3. The SMILES string of the molecule is CC(=O)O[C@@H]1[C@H](OC(C)=O)CC(=O)N1C. The number of likely N-dealkylation sites (tertiary alicyclic amines) is 1. The summed E-state index contributed by atoms with van der Waals surface area (Å²) in [5.41, 5.74) is 0. The quantitative estimate of drug-likeness (QED) is 0.590. The Morgan fingerprint density at radius 3 is 2.27 bits per heavy atom. The lowest BCUT2D eigenvalue weighted by atomic mass is 10.3. The molecule has 0 N–H and O–H groups in total. The molecule has 84 valence electrons. The number of amides is 1. The van der Waals surface area contributed by atoms with Crippen LogP contribution in [0.15, 0.2) is 0 Å². The number of ether oxygens (including phenoxy) is 2. The number of likely N-dealkylation sites (N-methyl/N-ethyl adjacent to an activating group) is 1. The van der Waals surface area contributed by atoms with Crippen LogP contribution in [-0.2, 0) is 23.9 Å². The fourth-order valence-corrected chi connectivity index (χ4v) is 1.45. The molecule has 0 radical (unpaired) electrons. The van der Waals surface area contributed by atoms with Crippen molar-refractivity contribution in [3.05, 3.63) is 0 Å². The van der Waals surface area contributed by atoms with Gasteiger partial charge >= 0.3 is 11.9 Å². The van der Waals surface area contributed by atoms with Crippen molar-refractivity contribution in [3.63, 3.8) is 0 Å². The van der Waals surface area contributed by atoms with Crippen molar-refractivity contribution in [3.8, 4) is 0 Å². The van der Waals surface area contributed by atoms with E-state index in [1.54, 1.807) is 0 Å². The van der Waals surface area contributed by atoms with Crippen LogP contribution in [0, 0.1) is 0 Å². The Morgan fingerprint density at radius 2 is 1.80 bits per heavy atom. The average Bonchev–Trinajstić information content (AvgIpc) is 2.31. The highest BCUT2D eigenvalue weighted by Crippen LogP contribution is 2.21. The van der Waals surface area contributed by atoms with E-state index in [-0.39, 0.29) is 12.3 Å². The number of rotatable bonds is 2. The number of esters is 2. The van der Waals surface area contributed by atoms with Crippen LogP contribution in [0.3, 0.4) is 0 Å². The van der Waals surface area contributed by atoms with Gasteiger partial charge in [0.05, 0.1) is 6.42 Å².